The summed E-state index contributed by atoms with van der Waals surface area (Å²) in [6, 6.07) is 14.6. The highest BCUT2D eigenvalue weighted by Crippen LogP contribution is 2.23. The summed E-state index contributed by atoms with van der Waals surface area (Å²) in [6.45, 7) is 11.5. The third-order valence-electron chi connectivity index (χ3n) is 5.01. The van der Waals surface area contributed by atoms with Gasteiger partial charge in [0.2, 0.25) is 0 Å². The van der Waals surface area contributed by atoms with E-state index in [-0.39, 0.29) is 11.6 Å². The van der Waals surface area contributed by atoms with Crippen LogP contribution in [0.4, 0.5) is 0 Å². The molecule has 148 valence electrons. The van der Waals surface area contributed by atoms with Gasteiger partial charge < -0.3 is 5.32 Å². The Morgan fingerprint density at radius 2 is 1.75 bits per heavy atom. The summed E-state index contributed by atoms with van der Waals surface area (Å²) in [6.07, 6.45) is 2.93. The average molecular weight is 378 g/mol. The van der Waals surface area contributed by atoms with E-state index in [9.17, 15) is 4.79 Å². The molecule has 0 bridgehead atoms. The zero-order valence-electron chi connectivity index (χ0n) is 17.6. The lowest BCUT2D eigenvalue weighted by Crippen LogP contribution is -2.27. The van der Waals surface area contributed by atoms with Crippen LogP contribution < -0.4 is 10.9 Å². The van der Waals surface area contributed by atoms with E-state index in [0.717, 1.165) is 17.7 Å². The van der Waals surface area contributed by atoms with Gasteiger partial charge in [-0.25, -0.2) is 4.98 Å². The summed E-state index contributed by atoms with van der Waals surface area (Å²) in [5.74, 6) is 1.09. The van der Waals surface area contributed by atoms with Gasteiger partial charge in [-0.15, -0.1) is 0 Å². The van der Waals surface area contributed by atoms with Crippen molar-refractivity contribution in [1.82, 2.24) is 14.7 Å². The minimum absolute atomic E-state index is 0.0374. The molecular formula is C24H31N3O. The van der Waals surface area contributed by atoms with Gasteiger partial charge in [0.25, 0.3) is 5.56 Å². The van der Waals surface area contributed by atoms with Gasteiger partial charge in [-0.2, -0.15) is 0 Å². The van der Waals surface area contributed by atoms with E-state index in [4.69, 9.17) is 0 Å². The van der Waals surface area contributed by atoms with Gasteiger partial charge in [-0.05, 0) is 47.9 Å². The predicted molar refractivity (Wildman–Crippen MR) is 116 cm³/mol. The van der Waals surface area contributed by atoms with Crippen molar-refractivity contribution in [3.05, 3.63) is 81.4 Å². The number of hydrogen-bond donors (Lipinski definition) is 1. The van der Waals surface area contributed by atoms with Crippen LogP contribution in [-0.4, -0.2) is 9.38 Å². The highest BCUT2D eigenvalue weighted by atomic mass is 16.1. The number of rotatable bonds is 7. The quantitative estimate of drug-likeness (QED) is 0.650. The number of benzene rings is 1. The fourth-order valence-electron chi connectivity index (χ4n) is 3.63. The molecule has 0 saturated carbocycles. The topological polar surface area (TPSA) is 46.4 Å². The monoisotopic (exact) mass is 377 g/mol. The summed E-state index contributed by atoms with van der Waals surface area (Å²) in [5.41, 5.74) is 5.12. The number of aryl methyl sites for hydroxylation is 1. The summed E-state index contributed by atoms with van der Waals surface area (Å²) >= 11 is 0. The fraction of sp³-hybridized carbons (Fsp3) is 0.417. The normalized spacial score (nSPS) is 12.8. The molecule has 0 saturated heterocycles. The van der Waals surface area contributed by atoms with Crippen LogP contribution >= 0.6 is 0 Å². The Morgan fingerprint density at radius 1 is 1.04 bits per heavy atom. The van der Waals surface area contributed by atoms with Crippen molar-refractivity contribution < 1.29 is 0 Å². The van der Waals surface area contributed by atoms with E-state index in [2.05, 4.69) is 62.3 Å². The predicted octanol–water partition coefficient (Wildman–Crippen LogP) is 4.69. The molecule has 2 aromatic heterocycles. The molecular weight excluding hydrogens is 346 g/mol. The Balaban J connectivity index is 1.77. The lowest BCUT2D eigenvalue weighted by Gasteiger charge is -2.23. The van der Waals surface area contributed by atoms with Gasteiger partial charge in [-0.1, -0.05) is 58.0 Å². The van der Waals surface area contributed by atoms with Crippen molar-refractivity contribution in [2.45, 2.75) is 53.6 Å². The molecule has 0 aliphatic carbocycles. The molecule has 3 rings (SSSR count). The molecule has 0 unspecified atom stereocenters. The van der Waals surface area contributed by atoms with E-state index in [0.29, 0.717) is 24.0 Å². The van der Waals surface area contributed by atoms with Gasteiger partial charge in [0.1, 0.15) is 5.65 Å². The Kier molecular flexibility index (Phi) is 6.30. The summed E-state index contributed by atoms with van der Waals surface area (Å²) < 4.78 is 1.60. The van der Waals surface area contributed by atoms with Crippen LogP contribution in [0.5, 0.6) is 0 Å². The van der Waals surface area contributed by atoms with Crippen LogP contribution in [0.25, 0.3) is 5.65 Å². The van der Waals surface area contributed by atoms with Crippen molar-refractivity contribution in [1.29, 1.82) is 0 Å². The third-order valence-corrected chi connectivity index (χ3v) is 5.01. The van der Waals surface area contributed by atoms with Gasteiger partial charge >= 0.3 is 0 Å². The first-order valence-electron chi connectivity index (χ1n) is 10.1. The van der Waals surface area contributed by atoms with Crippen LogP contribution in [0.3, 0.4) is 0 Å². The number of pyridine rings is 1. The maximum Gasteiger partial charge on any atom is 0.258 e. The molecule has 2 heterocycles. The number of nitrogens with zero attached hydrogens (tertiary/aromatic N) is 2. The van der Waals surface area contributed by atoms with Crippen LogP contribution in [0.2, 0.25) is 0 Å². The smallest absolute Gasteiger partial charge is 0.258 e. The van der Waals surface area contributed by atoms with Crippen LogP contribution in [0.15, 0.2) is 53.5 Å². The second-order valence-corrected chi connectivity index (χ2v) is 8.46. The maximum absolute atomic E-state index is 12.4. The van der Waals surface area contributed by atoms with Gasteiger partial charge in [-0.3, -0.25) is 9.20 Å². The van der Waals surface area contributed by atoms with Crippen molar-refractivity contribution >= 4 is 5.65 Å². The first-order valence-corrected chi connectivity index (χ1v) is 10.1. The van der Waals surface area contributed by atoms with Gasteiger partial charge in [0, 0.05) is 24.8 Å². The molecule has 3 aromatic rings. The minimum atomic E-state index is -0.0374. The average Bonchev–Trinajstić information content (AvgIpc) is 2.63. The third kappa shape index (κ3) is 4.87. The van der Waals surface area contributed by atoms with Crippen molar-refractivity contribution in [3.8, 4) is 0 Å². The maximum atomic E-state index is 12.4. The standard InChI is InChI=1S/C24H31N3O/c1-16(2)12-19-7-9-20(10-8-19)24(17(3)4)25-14-21-13-23(28)27-15-18(5)6-11-22(27)26-21/h6-11,13,15-17,24-25H,12,14H2,1-5H3/t24-/m1/s1. The van der Waals surface area contributed by atoms with Crippen molar-refractivity contribution in [2.75, 3.05) is 0 Å². The van der Waals surface area contributed by atoms with E-state index in [1.807, 2.05) is 25.3 Å². The molecule has 0 aliphatic heterocycles. The number of fused-ring (bicyclic) bond motifs is 1. The first-order chi connectivity index (χ1) is 13.3. The molecule has 1 N–H and O–H groups in total. The number of hydrogen-bond acceptors (Lipinski definition) is 3. The van der Waals surface area contributed by atoms with E-state index >= 15 is 0 Å². The van der Waals surface area contributed by atoms with Crippen molar-refractivity contribution in [2.24, 2.45) is 11.8 Å². The van der Waals surface area contributed by atoms with E-state index < -0.39 is 0 Å². The molecule has 0 spiro atoms. The van der Waals surface area contributed by atoms with Gasteiger partial charge in [0.05, 0.1) is 5.69 Å². The SMILES string of the molecule is Cc1ccc2nc(CN[C@@H](c3ccc(CC(C)C)cc3)C(C)C)cc(=O)n2c1. The van der Waals surface area contributed by atoms with Crippen molar-refractivity contribution in [3.63, 3.8) is 0 Å². The van der Waals surface area contributed by atoms with Crippen LogP contribution in [0.1, 0.15) is 56.1 Å². The molecule has 0 aliphatic rings. The number of aromatic nitrogens is 2. The summed E-state index contributed by atoms with van der Waals surface area (Å²) in [4.78, 5) is 17.1. The molecule has 0 amide bonds. The lowest BCUT2D eigenvalue weighted by atomic mass is 9.93. The second kappa shape index (κ2) is 8.70. The first kappa shape index (κ1) is 20.3. The van der Waals surface area contributed by atoms with Crippen LogP contribution in [-0.2, 0) is 13.0 Å². The Morgan fingerprint density at radius 3 is 2.39 bits per heavy atom. The number of nitrogens with one attached hydrogen (secondary N) is 1. The molecule has 1 atom stereocenters. The largest absolute Gasteiger partial charge is 0.304 e. The Bertz CT molecular complexity index is 987. The zero-order valence-corrected chi connectivity index (χ0v) is 17.6. The summed E-state index contributed by atoms with van der Waals surface area (Å²) in [5, 5.41) is 3.60. The Hall–Kier alpha value is -2.46. The lowest BCUT2D eigenvalue weighted by molar-refractivity contribution is 0.408. The highest BCUT2D eigenvalue weighted by Gasteiger charge is 2.16. The van der Waals surface area contributed by atoms with Crippen LogP contribution in [0, 0.1) is 18.8 Å². The van der Waals surface area contributed by atoms with E-state index in [1.54, 1.807) is 10.5 Å². The molecule has 4 heteroatoms. The van der Waals surface area contributed by atoms with E-state index in [1.165, 1.54) is 11.1 Å². The molecule has 0 radical (unpaired) electrons. The molecule has 0 fully saturated rings. The highest BCUT2D eigenvalue weighted by molar-refractivity contribution is 5.40. The molecule has 1 aromatic carbocycles. The molecule has 4 nitrogen and oxygen atoms in total. The zero-order chi connectivity index (χ0) is 20.3. The molecule has 28 heavy (non-hydrogen) atoms. The Labute approximate surface area is 167 Å². The fourth-order valence-corrected chi connectivity index (χ4v) is 3.63. The second-order valence-electron chi connectivity index (χ2n) is 8.46. The minimum Gasteiger partial charge on any atom is -0.304 e. The summed E-state index contributed by atoms with van der Waals surface area (Å²) in [7, 11) is 0. The van der Waals surface area contributed by atoms with Gasteiger partial charge in [0.15, 0.2) is 0 Å².